The lowest BCUT2D eigenvalue weighted by molar-refractivity contribution is -0.0428. The van der Waals surface area contributed by atoms with Gasteiger partial charge in [0.2, 0.25) is 0 Å². The molecule has 0 unspecified atom stereocenters. The summed E-state index contributed by atoms with van der Waals surface area (Å²) in [5, 5.41) is -0.160. The molecule has 0 spiro atoms. The van der Waals surface area contributed by atoms with E-state index in [2.05, 4.69) is 0 Å². The summed E-state index contributed by atoms with van der Waals surface area (Å²) in [5.74, 6) is 0. The minimum atomic E-state index is -5.53. The minimum absolute atomic E-state index is 0.105. The summed E-state index contributed by atoms with van der Waals surface area (Å²) in [6.45, 7) is 13.9. The second kappa shape index (κ2) is 7.64. The maximum absolute atomic E-state index is 13.0. The second-order valence-electron chi connectivity index (χ2n) is 9.33. The molecule has 1 heterocycles. The average molecular weight is 446 g/mol. The molecule has 0 fully saturated rings. The summed E-state index contributed by atoms with van der Waals surface area (Å²) in [7, 11) is -7.80. The molecule has 0 aliphatic carbocycles. The monoisotopic (exact) mass is 445 g/mol. The van der Waals surface area contributed by atoms with Gasteiger partial charge in [0.25, 0.3) is 9.84 Å². The number of nitrogens with zero attached hydrogens (tertiary/aromatic N) is 1. The summed E-state index contributed by atoms with van der Waals surface area (Å²) in [6.07, 6.45) is 0.0554. The number of hydrogen-bond donors (Lipinski definition) is 0. The molecule has 0 aromatic carbocycles. The molecule has 0 aromatic rings. The molecule has 6 nitrogen and oxygen atoms in total. The summed E-state index contributed by atoms with van der Waals surface area (Å²) >= 11 is 0. The van der Waals surface area contributed by atoms with E-state index in [1.54, 1.807) is 20.8 Å². The van der Waals surface area contributed by atoms with Crippen LogP contribution < -0.4 is 0 Å². The Bertz CT molecular complexity index is 733. The molecule has 164 valence electrons. The average Bonchev–Trinajstić information content (AvgIpc) is 2.85. The van der Waals surface area contributed by atoms with Crippen LogP contribution in [0.2, 0.25) is 18.1 Å². The molecule has 11 heteroatoms. The van der Waals surface area contributed by atoms with E-state index in [-0.39, 0.29) is 11.6 Å². The van der Waals surface area contributed by atoms with Crippen molar-refractivity contribution >= 4 is 24.2 Å². The van der Waals surface area contributed by atoms with E-state index in [1.807, 2.05) is 33.9 Å². The van der Waals surface area contributed by atoms with Gasteiger partial charge in [-0.15, -0.1) is 0 Å². The molecule has 0 saturated heterocycles. The van der Waals surface area contributed by atoms with Gasteiger partial charge in [-0.1, -0.05) is 20.8 Å². The van der Waals surface area contributed by atoms with Crippen molar-refractivity contribution in [2.75, 3.05) is 13.2 Å². The first kappa shape index (κ1) is 25.0. The maximum Gasteiger partial charge on any atom is 0.501 e. The van der Waals surface area contributed by atoms with Gasteiger partial charge in [0.1, 0.15) is 5.60 Å². The Morgan fingerprint density at radius 3 is 2.07 bits per heavy atom. The van der Waals surface area contributed by atoms with Crippen LogP contribution in [0.3, 0.4) is 0 Å². The lowest BCUT2D eigenvalue weighted by Gasteiger charge is -2.38. The first-order chi connectivity index (χ1) is 12.2. The molecule has 0 N–H and O–H groups in total. The van der Waals surface area contributed by atoms with E-state index in [4.69, 9.17) is 9.16 Å². The smallest absolute Gasteiger partial charge is 0.444 e. The quantitative estimate of drug-likeness (QED) is 0.598. The number of amides is 1. The highest BCUT2D eigenvalue weighted by Gasteiger charge is 2.51. The molecular formula is C17H30F3NO5SSi. The number of ether oxygens (including phenoxy) is 1. The number of halogens is 3. The normalized spacial score (nSPS) is 19.6. The first-order valence-corrected chi connectivity index (χ1v) is 13.2. The van der Waals surface area contributed by atoms with Crippen LogP contribution in [-0.4, -0.2) is 58.0 Å². The van der Waals surface area contributed by atoms with Crippen LogP contribution in [0.1, 0.15) is 41.5 Å². The number of carbonyl (C=O) groups excluding carboxylic acids is 1. The molecular weight excluding hydrogens is 415 g/mol. The van der Waals surface area contributed by atoms with Gasteiger partial charge in [-0.2, -0.15) is 13.2 Å². The summed E-state index contributed by atoms with van der Waals surface area (Å²) in [6, 6.07) is -0.962. The Kier molecular flexibility index (Phi) is 6.81. The summed E-state index contributed by atoms with van der Waals surface area (Å²) < 4.78 is 73.7. The van der Waals surface area contributed by atoms with Crippen molar-refractivity contribution in [1.29, 1.82) is 0 Å². The van der Waals surface area contributed by atoms with Crippen molar-refractivity contribution in [2.45, 2.75) is 76.8 Å². The number of rotatable bonds is 4. The third-order valence-electron chi connectivity index (χ3n) is 4.80. The lowest BCUT2D eigenvalue weighted by Crippen LogP contribution is -2.47. The van der Waals surface area contributed by atoms with Gasteiger partial charge in [-0.05, 0) is 45.0 Å². The van der Waals surface area contributed by atoms with Gasteiger partial charge in [0.15, 0.2) is 8.32 Å². The van der Waals surface area contributed by atoms with Gasteiger partial charge in [-0.25, -0.2) is 13.2 Å². The number of sulfone groups is 1. The van der Waals surface area contributed by atoms with Gasteiger partial charge >= 0.3 is 11.6 Å². The molecule has 0 aromatic heterocycles. The zero-order chi connectivity index (χ0) is 22.3. The zero-order valence-electron chi connectivity index (χ0n) is 17.6. The summed E-state index contributed by atoms with van der Waals surface area (Å²) in [4.78, 5) is 12.6. The predicted molar refractivity (Wildman–Crippen MR) is 103 cm³/mol. The maximum atomic E-state index is 13.0. The van der Waals surface area contributed by atoms with Crippen molar-refractivity contribution in [3.05, 3.63) is 11.0 Å². The van der Waals surface area contributed by atoms with Crippen molar-refractivity contribution in [3.63, 3.8) is 0 Å². The first-order valence-electron chi connectivity index (χ1n) is 8.85. The highest BCUT2D eigenvalue weighted by Crippen LogP contribution is 2.38. The van der Waals surface area contributed by atoms with Gasteiger partial charge in [0.05, 0.1) is 24.1 Å². The van der Waals surface area contributed by atoms with Crippen LogP contribution in [0, 0.1) is 0 Å². The Hall–Kier alpha value is -1.07. The third kappa shape index (κ3) is 5.72. The van der Waals surface area contributed by atoms with Crippen molar-refractivity contribution in [2.24, 2.45) is 0 Å². The van der Waals surface area contributed by atoms with Crippen LogP contribution in [0.15, 0.2) is 11.0 Å². The summed E-state index contributed by atoms with van der Waals surface area (Å²) in [5.41, 5.74) is -6.32. The van der Waals surface area contributed by atoms with Crippen LogP contribution >= 0.6 is 0 Å². The fourth-order valence-corrected chi connectivity index (χ4v) is 4.10. The predicted octanol–water partition coefficient (Wildman–Crippen LogP) is 4.45. The van der Waals surface area contributed by atoms with Crippen molar-refractivity contribution in [1.82, 2.24) is 4.90 Å². The molecule has 1 amide bonds. The van der Waals surface area contributed by atoms with E-state index >= 15 is 0 Å². The Morgan fingerprint density at radius 1 is 1.18 bits per heavy atom. The van der Waals surface area contributed by atoms with Crippen LogP contribution in [0.25, 0.3) is 0 Å². The number of hydrogen-bond acceptors (Lipinski definition) is 5. The number of carbonyl (C=O) groups is 1. The zero-order valence-corrected chi connectivity index (χ0v) is 19.4. The van der Waals surface area contributed by atoms with Gasteiger partial charge in [0, 0.05) is 0 Å². The van der Waals surface area contributed by atoms with E-state index < -0.39 is 52.8 Å². The highest BCUT2D eigenvalue weighted by molar-refractivity contribution is 7.96. The van der Waals surface area contributed by atoms with Gasteiger partial charge < -0.3 is 9.16 Å². The van der Waals surface area contributed by atoms with E-state index in [0.29, 0.717) is 0 Å². The van der Waals surface area contributed by atoms with Crippen LogP contribution in [0.4, 0.5) is 18.0 Å². The largest absolute Gasteiger partial charge is 0.501 e. The van der Waals surface area contributed by atoms with Crippen LogP contribution in [-0.2, 0) is 19.0 Å². The van der Waals surface area contributed by atoms with Crippen molar-refractivity contribution < 1.29 is 35.5 Å². The molecule has 0 bridgehead atoms. The van der Waals surface area contributed by atoms with Gasteiger partial charge in [-0.3, -0.25) is 4.90 Å². The van der Waals surface area contributed by atoms with Crippen molar-refractivity contribution in [3.8, 4) is 0 Å². The second-order valence-corrected chi connectivity index (χ2v) is 16.1. The standard InChI is InChI=1S/C17H30F3NO5SSi/c1-15(2,3)26-14(22)21-10-13(27(23,24)17(18,19)20)9-12(21)11-25-28(7,8)16(4,5)6/h9,12H,10-11H2,1-8H3/t12-/m1/s1. The third-order valence-corrected chi connectivity index (χ3v) is 10.9. The Morgan fingerprint density at radius 2 is 1.68 bits per heavy atom. The van der Waals surface area contributed by atoms with E-state index in [0.717, 1.165) is 11.0 Å². The fourth-order valence-electron chi connectivity index (χ4n) is 2.13. The topological polar surface area (TPSA) is 72.9 Å². The SMILES string of the molecule is CC(C)(C)OC(=O)N1CC(S(=O)(=O)C(F)(F)F)=C[C@@H]1CO[Si](C)(C)C(C)(C)C. The molecule has 28 heavy (non-hydrogen) atoms. The Labute approximate surface area is 166 Å². The number of alkyl halides is 3. The molecule has 0 radical (unpaired) electrons. The molecule has 0 saturated carbocycles. The molecule has 1 atom stereocenters. The molecule has 1 aliphatic rings. The Balaban J connectivity index is 3.18. The lowest BCUT2D eigenvalue weighted by atomic mass is 10.2. The van der Waals surface area contributed by atoms with Crippen LogP contribution in [0.5, 0.6) is 0 Å². The highest BCUT2D eigenvalue weighted by atomic mass is 32.2. The van der Waals surface area contributed by atoms with E-state index in [9.17, 15) is 26.4 Å². The fraction of sp³-hybridized carbons (Fsp3) is 0.824. The minimum Gasteiger partial charge on any atom is -0.444 e. The molecule has 1 rings (SSSR count). The van der Waals surface area contributed by atoms with E-state index in [1.165, 1.54) is 0 Å². The molecule has 1 aliphatic heterocycles.